The third-order valence-electron chi connectivity index (χ3n) is 2.57. The lowest BCUT2D eigenvalue weighted by Gasteiger charge is -2.03. The molecular weight excluding hydrogens is 298 g/mol. The monoisotopic (exact) mass is 311 g/mol. The van der Waals surface area contributed by atoms with Crippen LogP contribution in [-0.2, 0) is 21.3 Å². The molecule has 1 aromatic carbocycles. The van der Waals surface area contributed by atoms with Crippen molar-refractivity contribution in [2.75, 3.05) is 0 Å². The van der Waals surface area contributed by atoms with Crippen molar-refractivity contribution in [3.63, 3.8) is 0 Å². The van der Waals surface area contributed by atoms with E-state index in [9.17, 15) is 13.2 Å². The van der Waals surface area contributed by atoms with Crippen molar-refractivity contribution in [2.24, 2.45) is 0 Å². The Morgan fingerprint density at radius 3 is 2.70 bits per heavy atom. The number of aromatic carboxylic acids is 1. The van der Waals surface area contributed by atoms with Crippen LogP contribution >= 0.6 is 11.3 Å². The molecule has 2 rings (SSSR count). The van der Waals surface area contributed by atoms with Crippen LogP contribution in [0.25, 0.3) is 0 Å². The average Bonchev–Trinajstić information content (AvgIpc) is 2.75. The average molecular weight is 311 g/mol. The van der Waals surface area contributed by atoms with Gasteiger partial charge in [0.05, 0.1) is 17.2 Å². The Hall–Kier alpha value is -1.73. The van der Waals surface area contributed by atoms with Crippen LogP contribution in [0.1, 0.15) is 26.6 Å². The maximum atomic E-state index is 12.1. The number of sulfone groups is 1. The van der Waals surface area contributed by atoms with Crippen LogP contribution in [0.5, 0.6) is 0 Å². The molecule has 20 heavy (non-hydrogen) atoms. The fraction of sp³-hybridized carbons (Fsp3) is 0.231. The Kier molecular flexibility index (Phi) is 4.20. The molecule has 0 amide bonds. The molecule has 0 saturated carbocycles. The Labute approximate surface area is 120 Å². The van der Waals surface area contributed by atoms with E-state index in [2.05, 4.69) is 4.98 Å². The maximum Gasteiger partial charge on any atom is 0.365 e. The highest BCUT2D eigenvalue weighted by Gasteiger charge is 2.17. The fourth-order valence-electron chi connectivity index (χ4n) is 1.80. The molecule has 0 unspecified atom stereocenters. The van der Waals surface area contributed by atoms with Gasteiger partial charge in [-0.3, -0.25) is 0 Å². The van der Waals surface area contributed by atoms with E-state index in [1.54, 1.807) is 6.07 Å². The molecule has 1 aromatic heterocycles. The summed E-state index contributed by atoms with van der Waals surface area (Å²) in [5.41, 5.74) is 2.00. The minimum absolute atomic E-state index is 0.0748. The number of rotatable bonds is 5. The van der Waals surface area contributed by atoms with Crippen LogP contribution < -0.4 is 0 Å². The van der Waals surface area contributed by atoms with Crippen LogP contribution in [0.3, 0.4) is 0 Å². The SMILES string of the molecule is Cc1cccc(CS(=O)(=O)Cc2csc(C(=O)O)n2)c1. The molecule has 0 saturated heterocycles. The van der Waals surface area contributed by atoms with Gasteiger partial charge in [-0.25, -0.2) is 18.2 Å². The van der Waals surface area contributed by atoms with Gasteiger partial charge in [0.1, 0.15) is 0 Å². The summed E-state index contributed by atoms with van der Waals surface area (Å²) in [6, 6.07) is 7.29. The lowest BCUT2D eigenvalue weighted by Crippen LogP contribution is -2.08. The molecule has 0 radical (unpaired) electrons. The van der Waals surface area contributed by atoms with Crippen molar-refractivity contribution >= 4 is 27.1 Å². The molecule has 0 spiro atoms. The highest BCUT2D eigenvalue weighted by Crippen LogP contribution is 2.16. The van der Waals surface area contributed by atoms with Gasteiger partial charge in [0, 0.05) is 5.38 Å². The first-order valence-corrected chi connectivity index (χ1v) is 8.49. The van der Waals surface area contributed by atoms with E-state index in [1.165, 1.54) is 5.38 Å². The summed E-state index contributed by atoms with van der Waals surface area (Å²) in [7, 11) is -3.37. The highest BCUT2D eigenvalue weighted by molar-refractivity contribution is 7.89. The molecule has 0 bridgehead atoms. The standard InChI is InChI=1S/C13H13NO4S2/c1-9-3-2-4-10(5-9)7-20(17,18)8-11-6-19-12(14-11)13(15)16/h2-6H,7-8H2,1H3,(H,15,16). The number of aryl methyl sites for hydroxylation is 1. The van der Waals surface area contributed by atoms with Crippen molar-refractivity contribution in [1.29, 1.82) is 0 Å². The van der Waals surface area contributed by atoms with Crippen LogP contribution in [0.4, 0.5) is 0 Å². The normalized spacial score (nSPS) is 11.4. The van der Waals surface area contributed by atoms with Gasteiger partial charge in [-0.15, -0.1) is 11.3 Å². The molecule has 0 fully saturated rings. The number of aromatic nitrogens is 1. The summed E-state index contributed by atoms with van der Waals surface area (Å²) in [5.74, 6) is -1.46. The predicted octanol–water partition coefficient (Wildman–Crippen LogP) is 2.26. The minimum Gasteiger partial charge on any atom is -0.476 e. The number of carboxylic acid groups (broad SMARTS) is 1. The largest absolute Gasteiger partial charge is 0.476 e. The maximum absolute atomic E-state index is 12.1. The third-order valence-corrected chi connectivity index (χ3v) is 4.96. The van der Waals surface area contributed by atoms with Crippen LogP contribution in [0.2, 0.25) is 0 Å². The molecule has 7 heteroatoms. The zero-order valence-electron chi connectivity index (χ0n) is 10.7. The third kappa shape index (κ3) is 3.88. The molecular formula is C13H13NO4S2. The van der Waals surface area contributed by atoms with E-state index in [4.69, 9.17) is 5.11 Å². The van der Waals surface area contributed by atoms with E-state index in [0.29, 0.717) is 0 Å². The van der Waals surface area contributed by atoms with E-state index in [-0.39, 0.29) is 22.2 Å². The molecule has 0 aliphatic heterocycles. The summed E-state index contributed by atoms with van der Waals surface area (Å²) in [4.78, 5) is 14.5. The number of carboxylic acids is 1. The minimum atomic E-state index is -3.37. The number of benzene rings is 1. The first-order chi connectivity index (χ1) is 9.35. The summed E-state index contributed by atoms with van der Waals surface area (Å²) >= 11 is 0.932. The first-order valence-electron chi connectivity index (χ1n) is 5.79. The van der Waals surface area contributed by atoms with E-state index in [1.807, 2.05) is 25.1 Å². The van der Waals surface area contributed by atoms with Gasteiger partial charge in [0.15, 0.2) is 9.84 Å². The van der Waals surface area contributed by atoms with Crippen molar-refractivity contribution in [1.82, 2.24) is 4.98 Å². The summed E-state index contributed by atoms with van der Waals surface area (Å²) < 4.78 is 24.2. The molecule has 0 aliphatic carbocycles. The summed E-state index contributed by atoms with van der Waals surface area (Å²) in [6.07, 6.45) is 0. The zero-order valence-corrected chi connectivity index (χ0v) is 12.4. The van der Waals surface area contributed by atoms with E-state index >= 15 is 0 Å². The number of hydrogen-bond donors (Lipinski definition) is 1. The molecule has 5 nitrogen and oxygen atoms in total. The number of carbonyl (C=O) groups is 1. The second-order valence-electron chi connectivity index (χ2n) is 4.47. The topological polar surface area (TPSA) is 84.3 Å². The van der Waals surface area contributed by atoms with Gasteiger partial charge in [0.2, 0.25) is 5.01 Å². The Morgan fingerprint density at radius 2 is 2.10 bits per heavy atom. The quantitative estimate of drug-likeness (QED) is 0.915. The molecule has 2 aromatic rings. The molecule has 0 aliphatic rings. The van der Waals surface area contributed by atoms with Gasteiger partial charge in [0.25, 0.3) is 0 Å². The lowest BCUT2D eigenvalue weighted by molar-refractivity contribution is 0.0696. The fourth-order valence-corrected chi connectivity index (χ4v) is 3.95. The Bertz CT molecular complexity index is 734. The molecule has 1 heterocycles. The van der Waals surface area contributed by atoms with Gasteiger partial charge < -0.3 is 5.11 Å². The predicted molar refractivity (Wildman–Crippen MR) is 76.6 cm³/mol. The van der Waals surface area contributed by atoms with Gasteiger partial charge >= 0.3 is 5.97 Å². The molecule has 1 N–H and O–H groups in total. The first kappa shape index (κ1) is 14.7. The van der Waals surface area contributed by atoms with E-state index in [0.717, 1.165) is 22.5 Å². The lowest BCUT2D eigenvalue weighted by atomic mass is 10.2. The number of thiazole rings is 1. The van der Waals surface area contributed by atoms with E-state index < -0.39 is 15.8 Å². The number of nitrogens with zero attached hydrogens (tertiary/aromatic N) is 1. The van der Waals surface area contributed by atoms with Crippen LogP contribution in [0.15, 0.2) is 29.6 Å². The van der Waals surface area contributed by atoms with Gasteiger partial charge in [-0.1, -0.05) is 29.8 Å². The van der Waals surface area contributed by atoms with Crippen molar-refractivity contribution in [2.45, 2.75) is 18.4 Å². The Balaban J connectivity index is 2.12. The number of hydrogen-bond acceptors (Lipinski definition) is 5. The van der Waals surface area contributed by atoms with Crippen molar-refractivity contribution in [3.8, 4) is 0 Å². The van der Waals surface area contributed by atoms with Crippen LogP contribution in [0, 0.1) is 6.92 Å². The van der Waals surface area contributed by atoms with Gasteiger partial charge in [-0.05, 0) is 12.5 Å². The van der Waals surface area contributed by atoms with Gasteiger partial charge in [-0.2, -0.15) is 0 Å². The highest BCUT2D eigenvalue weighted by atomic mass is 32.2. The van der Waals surface area contributed by atoms with Crippen molar-refractivity contribution in [3.05, 3.63) is 51.5 Å². The zero-order chi connectivity index (χ0) is 14.8. The second kappa shape index (κ2) is 5.72. The molecule has 0 atom stereocenters. The second-order valence-corrected chi connectivity index (χ2v) is 7.39. The van der Waals surface area contributed by atoms with Crippen molar-refractivity contribution < 1.29 is 18.3 Å². The Morgan fingerprint density at radius 1 is 1.35 bits per heavy atom. The summed E-state index contributed by atoms with van der Waals surface area (Å²) in [5, 5.41) is 10.1. The summed E-state index contributed by atoms with van der Waals surface area (Å²) in [6.45, 7) is 1.90. The smallest absolute Gasteiger partial charge is 0.365 e. The molecule has 106 valence electrons. The van der Waals surface area contributed by atoms with Crippen LogP contribution in [-0.4, -0.2) is 24.5 Å².